The lowest BCUT2D eigenvalue weighted by Crippen LogP contribution is -2.47. The first kappa shape index (κ1) is 19.3. The van der Waals surface area contributed by atoms with Crippen molar-refractivity contribution >= 4 is 21.6 Å². The van der Waals surface area contributed by atoms with Crippen molar-refractivity contribution < 1.29 is 17.5 Å². The van der Waals surface area contributed by atoms with Gasteiger partial charge in [-0.05, 0) is 23.8 Å². The summed E-state index contributed by atoms with van der Waals surface area (Å²) in [6.07, 6.45) is -0.263. The van der Waals surface area contributed by atoms with Crippen LogP contribution < -0.4 is 4.72 Å². The van der Waals surface area contributed by atoms with E-state index in [-0.39, 0.29) is 22.6 Å². The van der Waals surface area contributed by atoms with E-state index < -0.39 is 15.8 Å². The Morgan fingerprint density at radius 2 is 2.00 bits per heavy atom. The van der Waals surface area contributed by atoms with Gasteiger partial charge in [0.05, 0.1) is 17.7 Å². The van der Waals surface area contributed by atoms with Crippen molar-refractivity contribution in [1.82, 2.24) is 9.62 Å². The van der Waals surface area contributed by atoms with Gasteiger partial charge in [0.1, 0.15) is 10.7 Å². The monoisotopic (exact) mass is 398 g/mol. The topological polar surface area (TPSA) is 58.6 Å². The molecule has 0 unspecified atom stereocenters. The molecule has 0 amide bonds. The molecule has 0 aromatic heterocycles. The smallest absolute Gasteiger partial charge is 0.242 e. The number of nitrogens with one attached hydrogen (secondary N) is 1. The van der Waals surface area contributed by atoms with Gasteiger partial charge in [0.15, 0.2) is 0 Å². The van der Waals surface area contributed by atoms with Gasteiger partial charge in [0.2, 0.25) is 10.0 Å². The van der Waals surface area contributed by atoms with E-state index in [0.717, 1.165) is 31.3 Å². The van der Waals surface area contributed by atoms with Gasteiger partial charge in [0, 0.05) is 26.2 Å². The zero-order chi connectivity index (χ0) is 18.6. The van der Waals surface area contributed by atoms with Crippen LogP contribution in [0.1, 0.15) is 5.56 Å². The van der Waals surface area contributed by atoms with Crippen LogP contribution in [0.4, 0.5) is 4.39 Å². The van der Waals surface area contributed by atoms with Crippen LogP contribution in [-0.2, 0) is 21.3 Å². The number of benzene rings is 2. The van der Waals surface area contributed by atoms with E-state index in [9.17, 15) is 12.8 Å². The summed E-state index contributed by atoms with van der Waals surface area (Å²) in [5.41, 5.74) is 1.20. The normalized spacial score (nSPS) is 18.8. The fourth-order valence-corrected chi connectivity index (χ4v) is 4.46. The number of ether oxygens (including phenoxy) is 1. The molecular weight excluding hydrogens is 379 g/mol. The molecule has 2 aromatic rings. The summed E-state index contributed by atoms with van der Waals surface area (Å²) in [5.74, 6) is -0.582. The van der Waals surface area contributed by atoms with Crippen molar-refractivity contribution in [1.29, 1.82) is 0 Å². The van der Waals surface area contributed by atoms with Crippen molar-refractivity contribution in [3.63, 3.8) is 0 Å². The molecule has 0 aliphatic carbocycles. The van der Waals surface area contributed by atoms with Crippen LogP contribution >= 0.6 is 11.6 Å². The molecule has 3 rings (SSSR count). The summed E-state index contributed by atoms with van der Waals surface area (Å²) < 4.78 is 46.1. The molecule has 1 N–H and O–H groups in total. The Balaban J connectivity index is 1.58. The lowest BCUT2D eigenvalue weighted by molar-refractivity contribution is -0.0276. The maximum Gasteiger partial charge on any atom is 0.242 e. The van der Waals surface area contributed by atoms with E-state index in [1.807, 2.05) is 18.2 Å². The molecular formula is C18H20ClFN2O3S. The zero-order valence-corrected chi connectivity index (χ0v) is 15.6. The highest BCUT2D eigenvalue weighted by molar-refractivity contribution is 7.89. The molecule has 1 aliphatic heterocycles. The van der Waals surface area contributed by atoms with Gasteiger partial charge in [-0.25, -0.2) is 17.5 Å². The maximum atomic E-state index is 13.1. The third-order valence-electron chi connectivity index (χ3n) is 4.16. The minimum absolute atomic E-state index is 0.126. The van der Waals surface area contributed by atoms with Crippen LogP contribution in [0.5, 0.6) is 0 Å². The Kier molecular flexibility index (Phi) is 6.26. The van der Waals surface area contributed by atoms with Crippen LogP contribution in [0, 0.1) is 5.82 Å². The number of hydrogen-bond acceptors (Lipinski definition) is 4. The molecule has 1 saturated heterocycles. The molecule has 0 bridgehead atoms. The Morgan fingerprint density at radius 1 is 1.23 bits per heavy atom. The van der Waals surface area contributed by atoms with Crippen LogP contribution in [0.3, 0.4) is 0 Å². The molecule has 1 atom stereocenters. The average molecular weight is 399 g/mol. The first-order valence-corrected chi connectivity index (χ1v) is 10.1. The highest BCUT2D eigenvalue weighted by atomic mass is 35.5. The van der Waals surface area contributed by atoms with Gasteiger partial charge in [0.25, 0.3) is 0 Å². The number of hydrogen-bond donors (Lipinski definition) is 1. The molecule has 2 aromatic carbocycles. The second kappa shape index (κ2) is 8.45. The minimum atomic E-state index is -3.83. The van der Waals surface area contributed by atoms with E-state index in [1.54, 1.807) is 0 Å². The van der Waals surface area contributed by atoms with Crippen molar-refractivity contribution in [3.8, 4) is 0 Å². The van der Waals surface area contributed by atoms with E-state index >= 15 is 0 Å². The number of halogens is 2. The Bertz CT molecular complexity index is 849. The highest BCUT2D eigenvalue weighted by Gasteiger charge is 2.24. The minimum Gasteiger partial charge on any atom is -0.374 e. The van der Waals surface area contributed by atoms with Gasteiger partial charge >= 0.3 is 0 Å². The van der Waals surface area contributed by atoms with Crippen LogP contribution in [0.2, 0.25) is 5.02 Å². The standard InChI is InChI=1S/C18H20ClFN2O3S/c19-17-10-15(20)6-7-18(17)26(23,24)21-11-16-13-22(8-9-25-16)12-14-4-2-1-3-5-14/h1-7,10,16,21H,8-9,11-13H2/t16-/m0/s1. The Hall–Kier alpha value is -1.51. The van der Waals surface area contributed by atoms with E-state index in [1.165, 1.54) is 5.56 Å². The summed E-state index contributed by atoms with van der Waals surface area (Å²) in [4.78, 5) is 2.08. The predicted molar refractivity (Wildman–Crippen MR) is 98.1 cm³/mol. The third-order valence-corrected chi connectivity index (χ3v) is 6.06. The zero-order valence-electron chi connectivity index (χ0n) is 14.1. The summed E-state index contributed by atoms with van der Waals surface area (Å²) in [7, 11) is -3.83. The van der Waals surface area contributed by atoms with Crippen molar-refractivity contribution in [2.75, 3.05) is 26.2 Å². The van der Waals surface area contributed by atoms with E-state index in [2.05, 4.69) is 21.8 Å². The fraction of sp³-hybridized carbons (Fsp3) is 0.333. The van der Waals surface area contributed by atoms with Crippen molar-refractivity contribution in [3.05, 3.63) is 64.9 Å². The molecule has 8 heteroatoms. The summed E-state index contributed by atoms with van der Waals surface area (Å²) in [5, 5.41) is -0.146. The largest absolute Gasteiger partial charge is 0.374 e. The van der Waals surface area contributed by atoms with Crippen LogP contribution in [0.15, 0.2) is 53.4 Å². The number of sulfonamides is 1. The lowest BCUT2D eigenvalue weighted by atomic mass is 10.2. The Morgan fingerprint density at radius 3 is 2.73 bits per heavy atom. The fourth-order valence-electron chi connectivity index (χ4n) is 2.86. The van der Waals surface area contributed by atoms with Gasteiger partial charge in [-0.15, -0.1) is 0 Å². The average Bonchev–Trinajstić information content (AvgIpc) is 2.61. The summed E-state index contributed by atoms with van der Waals surface area (Å²) >= 11 is 5.85. The predicted octanol–water partition coefficient (Wildman–Crippen LogP) is 2.66. The number of rotatable bonds is 6. The molecule has 26 heavy (non-hydrogen) atoms. The molecule has 1 fully saturated rings. The highest BCUT2D eigenvalue weighted by Crippen LogP contribution is 2.22. The second-order valence-corrected chi connectivity index (χ2v) is 8.28. The lowest BCUT2D eigenvalue weighted by Gasteiger charge is -2.33. The van der Waals surface area contributed by atoms with Crippen molar-refractivity contribution in [2.24, 2.45) is 0 Å². The maximum absolute atomic E-state index is 13.1. The van der Waals surface area contributed by atoms with Gasteiger partial charge < -0.3 is 4.74 Å². The first-order chi connectivity index (χ1) is 12.4. The molecule has 5 nitrogen and oxygen atoms in total. The summed E-state index contributed by atoms with van der Waals surface area (Å²) in [6.45, 7) is 2.87. The second-order valence-electron chi connectivity index (χ2n) is 6.14. The SMILES string of the molecule is O=S(=O)(NC[C@H]1CN(Cc2ccccc2)CCO1)c1ccc(F)cc1Cl. The quantitative estimate of drug-likeness (QED) is 0.812. The van der Waals surface area contributed by atoms with E-state index in [0.29, 0.717) is 13.2 Å². The van der Waals surface area contributed by atoms with Gasteiger partial charge in [-0.3, -0.25) is 4.90 Å². The van der Waals surface area contributed by atoms with E-state index in [4.69, 9.17) is 16.3 Å². The number of nitrogens with zero attached hydrogens (tertiary/aromatic N) is 1. The number of morpholine rings is 1. The van der Waals surface area contributed by atoms with Gasteiger partial charge in [-0.2, -0.15) is 0 Å². The van der Waals surface area contributed by atoms with Gasteiger partial charge in [-0.1, -0.05) is 41.9 Å². The molecule has 1 heterocycles. The summed E-state index contributed by atoms with van der Waals surface area (Å²) in [6, 6.07) is 13.3. The molecule has 0 radical (unpaired) electrons. The molecule has 1 aliphatic rings. The molecule has 0 spiro atoms. The molecule has 0 saturated carbocycles. The molecule has 140 valence electrons. The Labute approximate surface area is 157 Å². The van der Waals surface area contributed by atoms with Crippen LogP contribution in [-0.4, -0.2) is 45.7 Å². The van der Waals surface area contributed by atoms with Crippen molar-refractivity contribution in [2.45, 2.75) is 17.5 Å². The first-order valence-electron chi connectivity index (χ1n) is 8.26. The van der Waals surface area contributed by atoms with Crippen LogP contribution in [0.25, 0.3) is 0 Å². The third kappa shape index (κ3) is 5.02.